The molecule has 0 atom stereocenters. The molecule has 0 aliphatic carbocycles. The standard InChI is InChI=1S/C12H17N3S/c1-8-4-5-9(2)11-7-15(6-10(8)11)14-12(13)16-3/h4-5H,6-7H2,1-3H3,(H2,13,14)/p+1. The highest BCUT2D eigenvalue weighted by Crippen LogP contribution is 2.25. The molecule has 1 aromatic rings. The van der Waals surface area contributed by atoms with E-state index < -0.39 is 0 Å². The number of fused-ring (bicyclic) bond motifs is 1. The Kier molecular flexibility index (Phi) is 3.10. The molecular formula is C12H18N3S+. The molecule has 1 aliphatic heterocycles. The maximum absolute atomic E-state index is 5.79. The summed E-state index contributed by atoms with van der Waals surface area (Å²) in [5.41, 5.74) is 11.4. The van der Waals surface area contributed by atoms with Gasteiger partial charge in [0.2, 0.25) is 0 Å². The van der Waals surface area contributed by atoms with E-state index in [1.54, 1.807) is 11.8 Å². The van der Waals surface area contributed by atoms with Crippen LogP contribution in [0.1, 0.15) is 22.3 Å². The van der Waals surface area contributed by atoms with Crippen molar-refractivity contribution >= 4 is 16.9 Å². The lowest BCUT2D eigenvalue weighted by Gasteiger charge is -2.07. The van der Waals surface area contributed by atoms with Gasteiger partial charge in [-0.1, -0.05) is 12.1 Å². The number of hydrogen-bond acceptors (Lipinski definition) is 2. The van der Waals surface area contributed by atoms with Gasteiger partial charge >= 0.3 is 5.17 Å². The number of nitrogens with zero attached hydrogens (tertiary/aromatic N) is 1. The fourth-order valence-corrected chi connectivity index (χ4v) is 2.31. The fraction of sp³-hybridized carbons (Fsp3) is 0.417. The summed E-state index contributed by atoms with van der Waals surface area (Å²) in [5, 5.41) is 6.14. The normalized spacial score (nSPS) is 15.4. The lowest BCUT2D eigenvalue weighted by atomic mass is 10.0. The van der Waals surface area contributed by atoms with Gasteiger partial charge < -0.3 is 0 Å². The van der Waals surface area contributed by atoms with Crippen molar-refractivity contribution < 1.29 is 5.10 Å². The Morgan fingerprint density at radius 3 is 2.19 bits per heavy atom. The lowest BCUT2D eigenvalue weighted by molar-refractivity contribution is -0.649. The Balaban J connectivity index is 2.27. The average Bonchev–Trinajstić information content (AvgIpc) is 2.68. The molecular weight excluding hydrogens is 218 g/mol. The van der Waals surface area contributed by atoms with Crippen LogP contribution in [0.5, 0.6) is 0 Å². The molecule has 16 heavy (non-hydrogen) atoms. The molecule has 2 rings (SSSR count). The van der Waals surface area contributed by atoms with Crippen molar-refractivity contribution in [2.24, 2.45) is 5.73 Å². The molecule has 0 saturated carbocycles. The zero-order valence-electron chi connectivity index (χ0n) is 10.0. The summed E-state index contributed by atoms with van der Waals surface area (Å²) in [6.07, 6.45) is 1.97. The van der Waals surface area contributed by atoms with Gasteiger partial charge in [-0.15, -0.1) is 0 Å². The minimum absolute atomic E-state index is 0.753. The van der Waals surface area contributed by atoms with Crippen LogP contribution >= 0.6 is 11.8 Å². The van der Waals surface area contributed by atoms with Gasteiger partial charge in [-0.25, -0.2) is 5.01 Å². The van der Waals surface area contributed by atoms with E-state index in [0.717, 1.165) is 18.3 Å². The molecule has 0 radical (unpaired) electrons. The average molecular weight is 236 g/mol. The van der Waals surface area contributed by atoms with E-state index in [4.69, 9.17) is 5.73 Å². The van der Waals surface area contributed by atoms with Gasteiger partial charge in [0.05, 0.1) is 13.1 Å². The molecule has 3 nitrogen and oxygen atoms in total. The molecule has 3 N–H and O–H groups in total. The third-order valence-electron chi connectivity index (χ3n) is 3.09. The second-order valence-corrected chi connectivity index (χ2v) is 5.04. The monoisotopic (exact) mass is 236 g/mol. The number of amidine groups is 1. The Morgan fingerprint density at radius 1 is 1.25 bits per heavy atom. The van der Waals surface area contributed by atoms with Gasteiger partial charge in [0.25, 0.3) is 0 Å². The molecule has 0 aromatic heterocycles. The van der Waals surface area contributed by atoms with Gasteiger partial charge in [0, 0.05) is 0 Å². The number of nitrogens with one attached hydrogen (secondary N) is 1. The van der Waals surface area contributed by atoms with Gasteiger partial charge in [-0.3, -0.25) is 5.73 Å². The molecule has 1 aliphatic rings. The molecule has 0 saturated heterocycles. The highest BCUT2D eigenvalue weighted by molar-refractivity contribution is 8.12. The third kappa shape index (κ3) is 2.02. The van der Waals surface area contributed by atoms with Crippen LogP contribution in [-0.2, 0) is 13.1 Å². The van der Waals surface area contributed by atoms with Crippen LogP contribution in [0.4, 0.5) is 0 Å². The van der Waals surface area contributed by atoms with Crippen LogP contribution in [-0.4, -0.2) is 16.4 Å². The summed E-state index contributed by atoms with van der Waals surface area (Å²) in [4.78, 5) is 0. The van der Waals surface area contributed by atoms with Crippen LogP contribution < -0.4 is 10.8 Å². The Hall–Kier alpha value is -1.16. The topological polar surface area (TPSA) is 43.2 Å². The minimum atomic E-state index is 0.753. The van der Waals surface area contributed by atoms with Crippen molar-refractivity contribution in [2.75, 3.05) is 6.26 Å². The van der Waals surface area contributed by atoms with Crippen LogP contribution in [0.25, 0.3) is 0 Å². The van der Waals surface area contributed by atoms with Crippen molar-refractivity contribution in [1.29, 1.82) is 0 Å². The summed E-state index contributed by atoms with van der Waals surface area (Å²) >= 11 is 1.54. The Labute approximate surface area is 101 Å². The van der Waals surface area contributed by atoms with E-state index in [9.17, 15) is 0 Å². The third-order valence-corrected chi connectivity index (χ3v) is 3.62. The van der Waals surface area contributed by atoms with Gasteiger partial charge in [-0.05, 0) is 54.1 Å². The van der Waals surface area contributed by atoms with E-state index >= 15 is 0 Å². The highest BCUT2D eigenvalue weighted by atomic mass is 32.2. The molecule has 0 amide bonds. The summed E-state index contributed by atoms with van der Waals surface area (Å²) < 4.78 is 0. The van der Waals surface area contributed by atoms with Crippen LogP contribution in [0, 0.1) is 13.8 Å². The largest absolute Gasteiger partial charge is 0.324 e. The predicted octanol–water partition coefficient (Wildman–Crippen LogP) is 0.292. The number of aryl methyl sites for hydroxylation is 2. The lowest BCUT2D eigenvalue weighted by Crippen LogP contribution is -2.83. The van der Waals surface area contributed by atoms with E-state index in [1.807, 2.05) is 6.26 Å². The number of thioether (sulfide) groups is 1. The van der Waals surface area contributed by atoms with E-state index in [2.05, 4.69) is 36.1 Å². The zero-order chi connectivity index (χ0) is 11.7. The number of hydrazine groups is 1. The molecule has 1 aromatic carbocycles. The first-order chi connectivity index (χ1) is 7.61. The molecule has 0 bridgehead atoms. The SMILES string of the molecule is CS/C(N)=[NH+]\N1Cc2c(C)ccc(C)c2C1. The van der Waals surface area contributed by atoms with Crippen molar-refractivity contribution in [2.45, 2.75) is 26.9 Å². The second-order valence-electron chi connectivity index (χ2n) is 4.19. The van der Waals surface area contributed by atoms with Gasteiger partial charge in [-0.2, -0.15) is 5.10 Å². The first-order valence-electron chi connectivity index (χ1n) is 5.37. The zero-order valence-corrected chi connectivity index (χ0v) is 10.8. The molecule has 0 spiro atoms. The van der Waals surface area contributed by atoms with Gasteiger partial charge in [0.1, 0.15) is 0 Å². The van der Waals surface area contributed by atoms with E-state index in [0.29, 0.717) is 0 Å². The van der Waals surface area contributed by atoms with Crippen molar-refractivity contribution in [3.63, 3.8) is 0 Å². The molecule has 86 valence electrons. The fourth-order valence-electron chi connectivity index (χ4n) is 2.09. The second kappa shape index (κ2) is 4.37. The molecule has 0 unspecified atom stereocenters. The molecule has 0 fully saturated rings. The number of rotatable bonds is 1. The number of hydrazone groups is 1. The first-order valence-corrected chi connectivity index (χ1v) is 6.60. The van der Waals surface area contributed by atoms with Crippen LogP contribution in [0.15, 0.2) is 12.1 Å². The minimum Gasteiger partial charge on any atom is -0.280 e. The first kappa shape index (κ1) is 11.3. The summed E-state index contributed by atoms with van der Waals surface area (Å²) in [6, 6.07) is 4.39. The van der Waals surface area contributed by atoms with E-state index in [1.165, 1.54) is 22.3 Å². The maximum atomic E-state index is 5.79. The number of benzene rings is 1. The highest BCUT2D eigenvalue weighted by Gasteiger charge is 2.22. The summed E-state index contributed by atoms with van der Waals surface area (Å²) in [7, 11) is 0. The number of hydrogen-bond donors (Lipinski definition) is 2. The Morgan fingerprint density at radius 2 is 1.75 bits per heavy atom. The number of nitrogens with two attached hydrogens (primary N) is 1. The maximum Gasteiger partial charge on any atom is 0.324 e. The van der Waals surface area contributed by atoms with Crippen molar-refractivity contribution in [3.8, 4) is 0 Å². The van der Waals surface area contributed by atoms with Crippen LogP contribution in [0.2, 0.25) is 0 Å². The summed E-state index contributed by atoms with van der Waals surface area (Å²) in [5.74, 6) is 0. The predicted molar refractivity (Wildman–Crippen MR) is 68.8 cm³/mol. The summed E-state index contributed by atoms with van der Waals surface area (Å²) in [6.45, 7) is 6.21. The Bertz CT molecular complexity index is 409. The van der Waals surface area contributed by atoms with Crippen molar-refractivity contribution in [1.82, 2.24) is 5.01 Å². The molecule has 4 heteroatoms. The smallest absolute Gasteiger partial charge is 0.280 e. The van der Waals surface area contributed by atoms with Crippen LogP contribution in [0.3, 0.4) is 0 Å². The van der Waals surface area contributed by atoms with Crippen molar-refractivity contribution in [3.05, 3.63) is 34.4 Å². The van der Waals surface area contributed by atoms with E-state index in [-0.39, 0.29) is 0 Å². The molecule has 1 heterocycles. The quantitative estimate of drug-likeness (QED) is 0.544. The van der Waals surface area contributed by atoms with Gasteiger partial charge in [0.15, 0.2) is 0 Å².